The summed E-state index contributed by atoms with van der Waals surface area (Å²) in [5.41, 5.74) is 3.73. The van der Waals surface area contributed by atoms with E-state index in [0.29, 0.717) is 13.1 Å². The fraction of sp³-hybridized carbons (Fsp3) is 0.333. The van der Waals surface area contributed by atoms with Crippen molar-refractivity contribution in [3.8, 4) is 0 Å². The molecule has 2 aromatic rings. The molecule has 1 aromatic carbocycles. The Labute approximate surface area is 131 Å². The molecule has 0 aliphatic heterocycles. The highest BCUT2D eigenvalue weighted by molar-refractivity contribution is 5.74. The number of nitrogens with zero attached hydrogens (tertiary/aromatic N) is 1. The zero-order chi connectivity index (χ0) is 15.4. The van der Waals surface area contributed by atoms with E-state index in [4.69, 9.17) is 0 Å². The fourth-order valence-electron chi connectivity index (χ4n) is 2.62. The Kier molecular flexibility index (Phi) is 4.09. The van der Waals surface area contributed by atoms with E-state index in [0.717, 1.165) is 18.4 Å². The third-order valence-corrected chi connectivity index (χ3v) is 4.28. The minimum Gasteiger partial charge on any atom is -0.337 e. The van der Waals surface area contributed by atoms with E-state index in [-0.39, 0.29) is 11.4 Å². The molecule has 1 saturated carbocycles. The monoisotopic (exact) mass is 295 g/mol. The van der Waals surface area contributed by atoms with Crippen molar-refractivity contribution < 1.29 is 4.79 Å². The van der Waals surface area contributed by atoms with Crippen molar-refractivity contribution in [2.45, 2.75) is 31.7 Å². The minimum absolute atomic E-state index is 0.123. The zero-order valence-electron chi connectivity index (χ0n) is 12.8. The Morgan fingerprint density at radius 1 is 1.18 bits per heavy atom. The van der Waals surface area contributed by atoms with Gasteiger partial charge in [0.15, 0.2) is 0 Å². The van der Waals surface area contributed by atoms with E-state index in [9.17, 15) is 4.79 Å². The molecule has 114 valence electrons. The molecule has 0 atom stereocenters. The average Bonchev–Trinajstić information content (AvgIpc) is 3.34. The first-order valence-electron chi connectivity index (χ1n) is 7.66. The summed E-state index contributed by atoms with van der Waals surface area (Å²) in [7, 11) is 0. The number of carbonyl (C=O) groups excluding carboxylic acids is 1. The summed E-state index contributed by atoms with van der Waals surface area (Å²) in [6.07, 6.45) is 5.76. The van der Waals surface area contributed by atoms with E-state index >= 15 is 0 Å². The predicted octanol–water partition coefficient (Wildman–Crippen LogP) is 2.92. The molecule has 2 N–H and O–H groups in total. The normalized spacial score (nSPS) is 15.1. The van der Waals surface area contributed by atoms with Gasteiger partial charge in [-0.15, -0.1) is 0 Å². The third kappa shape index (κ3) is 3.45. The summed E-state index contributed by atoms with van der Waals surface area (Å²) in [4.78, 5) is 16.0. The quantitative estimate of drug-likeness (QED) is 0.891. The van der Waals surface area contributed by atoms with Crippen molar-refractivity contribution in [2.24, 2.45) is 0 Å². The third-order valence-electron chi connectivity index (χ3n) is 4.28. The van der Waals surface area contributed by atoms with Crippen molar-refractivity contribution in [3.05, 3.63) is 65.5 Å². The predicted molar refractivity (Wildman–Crippen MR) is 86.6 cm³/mol. The molecule has 0 radical (unpaired) electrons. The van der Waals surface area contributed by atoms with E-state index in [1.165, 1.54) is 11.1 Å². The molecule has 0 saturated heterocycles. The van der Waals surface area contributed by atoms with Crippen LogP contribution in [0.25, 0.3) is 0 Å². The van der Waals surface area contributed by atoms with Gasteiger partial charge in [0.1, 0.15) is 0 Å². The summed E-state index contributed by atoms with van der Waals surface area (Å²) in [6.45, 7) is 3.28. The van der Waals surface area contributed by atoms with Crippen LogP contribution in [-0.2, 0) is 12.0 Å². The molecule has 4 heteroatoms. The summed E-state index contributed by atoms with van der Waals surface area (Å²) in [5, 5.41) is 5.87. The molecule has 22 heavy (non-hydrogen) atoms. The maximum Gasteiger partial charge on any atom is 0.315 e. The number of rotatable bonds is 5. The molecule has 1 fully saturated rings. The summed E-state index contributed by atoms with van der Waals surface area (Å²) < 4.78 is 0. The lowest BCUT2D eigenvalue weighted by Crippen LogP contribution is -2.39. The number of benzene rings is 1. The number of aromatic nitrogens is 1. The second-order valence-electron chi connectivity index (χ2n) is 6.04. The van der Waals surface area contributed by atoms with Gasteiger partial charge in [-0.25, -0.2) is 4.79 Å². The molecule has 1 aliphatic carbocycles. The van der Waals surface area contributed by atoms with Crippen LogP contribution in [0.3, 0.4) is 0 Å². The number of hydrogen-bond donors (Lipinski definition) is 2. The van der Waals surface area contributed by atoms with Crippen molar-refractivity contribution in [3.63, 3.8) is 0 Å². The van der Waals surface area contributed by atoms with Crippen molar-refractivity contribution in [2.75, 3.05) is 6.54 Å². The molecule has 0 bridgehead atoms. The van der Waals surface area contributed by atoms with Gasteiger partial charge in [-0.05, 0) is 37.0 Å². The number of nitrogens with one attached hydrogen (secondary N) is 2. The van der Waals surface area contributed by atoms with Gasteiger partial charge in [-0.1, -0.05) is 35.9 Å². The topological polar surface area (TPSA) is 54.0 Å². The highest BCUT2D eigenvalue weighted by atomic mass is 16.2. The van der Waals surface area contributed by atoms with Crippen LogP contribution in [0.1, 0.15) is 29.5 Å². The van der Waals surface area contributed by atoms with E-state index in [1.807, 2.05) is 12.1 Å². The SMILES string of the molecule is Cc1ccc(C2(CNC(=O)NCc3cccnc3)CC2)cc1. The summed E-state index contributed by atoms with van der Waals surface area (Å²) in [6, 6.07) is 12.3. The fourth-order valence-corrected chi connectivity index (χ4v) is 2.62. The first-order valence-corrected chi connectivity index (χ1v) is 7.66. The van der Waals surface area contributed by atoms with Crippen LogP contribution in [0, 0.1) is 6.92 Å². The van der Waals surface area contributed by atoms with Crippen LogP contribution < -0.4 is 10.6 Å². The van der Waals surface area contributed by atoms with Crippen molar-refractivity contribution >= 4 is 6.03 Å². The lowest BCUT2D eigenvalue weighted by molar-refractivity contribution is 0.239. The lowest BCUT2D eigenvalue weighted by Gasteiger charge is -2.17. The zero-order valence-corrected chi connectivity index (χ0v) is 12.8. The largest absolute Gasteiger partial charge is 0.337 e. The van der Waals surface area contributed by atoms with E-state index in [2.05, 4.69) is 46.8 Å². The van der Waals surface area contributed by atoms with Gasteiger partial charge in [0.2, 0.25) is 0 Å². The van der Waals surface area contributed by atoms with Gasteiger partial charge in [0.05, 0.1) is 0 Å². The van der Waals surface area contributed by atoms with Crippen LogP contribution in [0.4, 0.5) is 4.79 Å². The van der Waals surface area contributed by atoms with Gasteiger partial charge in [-0.3, -0.25) is 4.98 Å². The summed E-state index contributed by atoms with van der Waals surface area (Å²) in [5.74, 6) is 0. The number of urea groups is 1. The van der Waals surface area contributed by atoms with E-state index in [1.54, 1.807) is 12.4 Å². The Hall–Kier alpha value is -2.36. The van der Waals surface area contributed by atoms with Crippen LogP contribution in [-0.4, -0.2) is 17.6 Å². The Morgan fingerprint density at radius 3 is 2.59 bits per heavy atom. The first-order chi connectivity index (χ1) is 10.7. The summed E-state index contributed by atoms with van der Waals surface area (Å²) >= 11 is 0. The maximum atomic E-state index is 11.9. The standard InChI is InChI=1S/C18H21N3O/c1-14-4-6-16(7-5-14)18(8-9-18)13-21-17(22)20-12-15-3-2-10-19-11-15/h2-7,10-11H,8-9,12-13H2,1H3,(H2,20,21,22). The van der Waals surface area contributed by atoms with Gasteiger partial charge >= 0.3 is 6.03 Å². The first kappa shape index (κ1) is 14.6. The molecule has 1 heterocycles. The molecule has 0 unspecified atom stereocenters. The molecule has 3 rings (SSSR count). The maximum absolute atomic E-state index is 11.9. The molecular weight excluding hydrogens is 274 g/mol. The van der Waals surface area contributed by atoms with Gasteiger partial charge in [0.25, 0.3) is 0 Å². The number of hydrogen-bond acceptors (Lipinski definition) is 2. The highest BCUT2D eigenvalue weighted by Gasteiger charge is 2.44. The highest BCUT2D eigenvalue weighted by Crippen LogP contribution is 2.47. The second kappa shape index (κ2) is 6.18. The molecule has 1 aliphatic rings. The minimum atomic E-state index is -0.123. The van der Waals surface area contributed by atoms with Crippen LogP contribution >= 0.6 is 0 Å². The van der Waals surface area contributed by atoms with E-state index < -0.39 is 0 Å². The molecule has 4 nitrogen and oxygen atoms in total. The Balaban J connectivity index is 1.49. The Bertz CT molecular complexity index is 633. The number of aryl methyl sites for hydroxylation is 1. The van der Waals surface area contributed by atoms with Gasteiger partial charge in [0, 0.05) is 30.9 Å². The Morgan fingerprint density at radius 2 is 1.95 bits per heavy atom. The van der Waals surface area contributed by atoms with Crippen LogP contribution in [0.5, 0.6) is 0 Å². The number of carbonyl (C=O) groups is 1. The molecular formula is C18H21N3O. The molecule has 1 aromatic heterocycles. The van der Waals surface area contributed by atoms with Crippen LogP contribution in [0.2, 0.25) is 0 Å². The molecule has 0 spiro atoms. The van der Waals surface area contributed by atoms with Crippen molar-refractivity contribution in [1.82, 2.24) is 15.6 Å². The van der Waals surface area contributed by atoms with Gasteiger partial charge in [-0.2, -0.15) is 0 Å². The lowest BCUT2D eigenvalue weighted by atomic mass is 9.95. The van der Waals surface area contributed by atoms with Crippen molar-refractivity contribution in [1.29, 1.82) is 0 Å². The van der Waals surface area contributed by atoms with Crippen LogP contribution in [0.15, 0.2) is 48.8 Å². The smallest absolute Gasteiger partial charge is 0.315 e. The number of pyridine rings is 1. The number of amides is 2. The second-order valence-corrected chi connectivity index (χ2v) is 6.04. The average molecular weight is 295 g/mol. The molecule has 2 amide bonds. The van der Waals surface area contributed by atoms with Gasteiger partial charge < -0.3 is 10.6 Å².